The predicted octanol–water partition coefficient (Wildman–Crippen LogP) is 0.882. The lowest BCUT2D eigenvalue weighted by Gasteiger charge is -2.17. The summed E-state index contributed by atoms with van der Waals surface area (Å²) in [5, 5.41) is 11.8. The van der Waals surface area contributed by atoms with Gasteiger partial charge in [0, 0.05) is 19.2 Å². The number of aromatic hydroxyl groups is 1. The number of carbonyl (C=O) groups is 2. The minimum atomic E-state index is -0.806. The molecule has 2 rings (SSSR count). The first-order chi connectivity index (χ1) is 8.97. The number of amides is 2. The Bertz CT molecular complexity index is 515. The molecule has 1 aromatic rings. The second kappa shape index (κ2) is 5.26. The Morgan fingerprint density at radius 1 is 1.47 bits per heavy atom. The van der Waals surface area contributed by atoms with E-state index in [0.717, 1.165) is 23.8 Å². The summed E-state index contributed by atoms with van der Waals surface area (Å²) in [5.74, 6) is -1.90. The number of nitrogens with one attached hydrogen (secondary N) is 1. The molecule has 0 unspecified atom stereocenters. The quantitative estimate of drug-likeness (QED) is 0.850. The number of rotatable bonds is 4. The minimum Gasteiger partial charge on any atom is -0.508 e. The van der Waals surface area contributed by atoms with Crippen LogP contribution in [0.1, 0.15) is 23.2 Å². The molecule has 0 atom stereocenters. The number of halogens is 1. The molecule has 6 heteroatoms. The van der Waals surface area contributed by atoms with E-state index in [1.54, 1.807) is 0 Å². The highest BCUT2D eigenvalue weighted by Crippen LogP contribution is 2.19. The van der Waals surface area contributed by atoms with E-state index in [0.29, 0.717) is 0 Å². The lowest BCUT2D eigenvalue weighted by Crippen LogP contribution is -2.39. The summed E-state index contributed by atoms with van der Waals surface area (Å²) in [4.78, 5) is 24.6. The third kappa shape index (κ3) is 3.43. The normalized spacial score (nSPS) is 14.0. The Balaban J connectivity index is 1.99. The van der Waals surface area contributed by atoms with Gasteiger partial charge in [-0.25, -0.2) is 4.39 Å². The molecule has 1 aliphatic rings. The number of phenols is 1. The van der Waals surface area contributed by atoms with Gasteiger partial charge in [-0.3, -0.25) is 9.59 Å². The predicted molar refractivity (Wildman–Crippen MR) is 66.2 cm³/mol. The third-order valence-electron chi connectivity index (χ3n) is 2.85. The van der Waals surface area contributed by atoms with Crippen molar-refractivity contribution in [2.45, 2.75) is 18.9 Å². The van der Waals surface area contributed by atoms with Crippen LogP contribution in [0.2, 0.25) is 0 Å². The molecule has 0 spiro atoms. The van der Waals surface area contributed by atoms with Gasteiger partial charge in [0.1, 0.15) is 11.6 Å². The SMILES string of the molecule is CN(CC(=O)NC1CC1)C(=O)c1ccc(O)cc1F. The minimum absolute atomic E-state index is 0.115. The van der Waals surface area contributed by atoms with Crippen molar-refractivity contribution in [2.24, 2.45) is 0 Å². The lowest BCUT2D eigenvalue weighted by molar-refractivity contribution is -0.121. The second-order valence-corrected chi connectivity index (χ2v) is 4.67. The summed E-state index contributed by atoms with van der Waals surface area (Å²) in [6, 6.07) is 3.52. The van der Waals surface area contributed by atoms with Gasteiger partial charge in [0.05, 0.1) is 12.1 Å². The number of hydrogen-bond donors (Lipinski definition) is 2. The van der Waals surface area contributed by atoms with Crippen LogP contribution in [-0.2, 0) is 4.79 Å². The van der Waals surface area contributed by atoms with Gasteiger partial charge in [0.2, 0.25) is 5.91 Å². The Hall–Kier alpha value is -2.11. The van der Waals surface area contributed by atoms with E-state index in [-0.39, 0.29) is 29.8 Å². The van der Waals surface area contributed by atoms with Gasteiger partial charge >= 0.3 is 0 Å². The molecule has 102 valence electrons. The van der Waals surface area contributed by atoms with Crippen LogP contribution >= 0.6 is 0 Å². The molecule has 0 bridgehead atoms. The van der Waals surface area contributed by atoms with Gasteiger partial charge in [-0.2, -0.15) is 0 Å². The van der Waals surface area contributed by atoms with Crippen molar-refractivity contribution in [3.63, 3.8) is 0 Å². The fraction of sp³-hybridized carbons (Fsp3) is 0.385. The molecular formula is C13H15FN2O3. The van der Waals surface area contributed by atoms with Crippen LogP contribution in [-0.4, -0.2) is 41.5 Å². The van der Waals surface area contributed by atoms with Crippen molar-refractivity contribution in [1.82, 2.24) is 10.2 Å². The molecule has 1 saturated carbocycles. The average Bonchev–Trinajstić information content (AvgIpc) is 3.11. The molecule has 1 aliphatic carbocycles. The standard InChI is InChI=1S/C13H15FN2O3/c1-16(7-12(18)15-8-2-3-8)13(19)10-5-4-9(17)6-11(10)14/h4-6,8,17H,2-3,7H2,1H3,(H,15,18). The molecule has 1 aromatic carbocycles. The maximum absolute atomic E-state index is 13.5. The zero-order valence-electron chi connectivity index (χ0n) is 10.5. The van der Waals surface area contributed by atoms with Crippen LogP contribution in [0, 0.1) is 5.82 Å². The molecule has 0 radical (unpaired) electrons. The monoisotopic (exact) mass is 266 g/mol. The molecule has 5 nitrogen and oxygen atoms in total. The van der Waals surface area contributed by atoms with E-state index >= 15 is 0 Å². The van der Waals surface area contributed by atoms with Gasteiger partial charge in [0.25, 0.3) is 5.91 Å². The van der Waals surface area contributed by atoms with E-state index in [9.17, 15) is 14.0 Å². The zero-order chi connectivity index (χ0) is 14.0. The molecule has 0 saturated heterocycles. The first-order valence-electron chi connectivity index (χ1n) is 6.00. The third-order valence-corrected chi connectivity index (χ3v) is 2.85. The topological polar surface area (TPSA) is 69.6 Å². The number of likely N-dealkylation sites (N-methyl/N-ethyl adjacent to an activating group) is 1. The summed E-state index contributed by atoms with van der Waals surface area (Å²) in [5.41, 5.74) is -0.167. The molecule has 2 N–H and O–H groups in total. The van der Waals surface area contributed by atoms with Crippen molar-refractivity contribution >= 4 is 11.8 Å². The second-order valence-electron chi connectivity index (χ2n) is 4.67. The van der Waals surface area contributed by atoms with Crippen LogP contribution in [0.3, 0.4) is 0 Å². The van der Waals surface area contributed by atoms with Crippen molar-refractivity contribution in [3.8, 4) is 5.75 Å². The number of benzene rings is 1. The summed E-state index contributed by atoms with van der Waals surface area (Å²) < 4.78 is 13.5. The smallest absolute Gasteiger partial charge is 0.257 e. The number of carbonyl (C=O) groups excluding carboxylic acids is 2. The van der Waals surface area contributed by atoms with Crippen LogP contribution in [0.15, 0.2) is 18.2 Å². The van der Waals surface area contributed by atoms with Crippen molar-refractivity contribution < 1.29 is 19.1 Å². The fourth-order valence-electron chi connectivity index (χ4n) is 1.67. The molecule has 19 heavy (non-hydrogen) atoms. The molecule has 2 amide bonds. The van der Waals surface area contributed by atoms with Gasteiger partial charge in [-0.15, -0.1) is 0 Å². The van der Waals surface area contributed by atoms with E-state index < -0.39 is 11.7 Å². The van der Waals surface area contributed by atoms with E-state index in [1.165, 1.54) is 19.2 Å². The van der Waals surface area contributed by atoms with Gasteiger partial charge in [-0.05, 0) is 25.0 Å². The largest absolute Gasteiger partial charge is 0.508 e. The first-order valence-corrected chi connectivity index (χ1v) is 6.00. The van der Waals surface area contributed by atoms with E-state index in [1.807, 2.05) is 0 Å². The molecule has 0 heterocycles. The Morgan fingerprint density at radius 3 is 2.74 bits per heavy atom. The molecule has 0 aromatic heterocycles. The zero-order valence-corrected chi connectivity index (χ0v) is 10.5. The van der Waals surface area contributed by atoms with Gasteiger partial charge < -0.3 is 15.3 Å². The van der Waals surface area contributed by atoms with Crippen molar-refractivity contribution in [2.75, 3.05) is 13.6 Å². The fourth-order valence-corrected chi connectivity index (χ4v) is 1.67. The van der Waals surface area contributed by atoms with Crippen LogP contribution < -0.4 is 5.32 Å². The number of hydrogen-bond acceptors (Lipinski definition) is 3. The Morgan fingerprint density at radius 2 is 2.16 bits per heavy atom. The lowest BCUT2D eigenvalue weighted by atomic mass is 10.2. The highest BCUT2D eigenvalue weighted by Gasteiger charge is 2.25. The van der Waals surface area contributed by atoms with Crippen molar-refractivity contribution in [1.29, 1.82) is 0 Å². The van der Waals surface area contributed by atoms with Gasteiger partial charge in [0.15, 0.2) is 0 Å². The average molecular weight is 266 g/mol. The molecule has 0 aliphatic heterocycles. The maximum Gasteiger partial charge on any atom is 0.257 e. The van der Waals surface area contributed by atoms with Crippen LogP contribution in [0.4, 0.5) is 4.39 Å². The summed E-state index contributed by atoms with van der Waals surface area (Å²) >= 11 is 0. The molecule has 1 fully saturated rings. The Kier molecular flexibility index (Phi) is 3.69. The number of phenolic OH excluding ortho intramolecular Hbond substituents is 1. The summed E-state index contributed by atoms with van der Waals surface area (Å²) in [7, 11) is 1.43. The van der Waals surface area contributed by atoms with E-state index in [4.69, 9.17) is 5.11 Å². The first kappa shape index (κ1) is 13.3. The maximum atomic E-state index is 13.5. The van der Waals surface area contributed by atoms with Crippen LogP contribution in [0.5, 0.6) is 5.75 Å². The van der Waals surface area contributed by atoms with Gasteiger partial charge in [-0.1, -0.05) is 0 Å². The highest BCUT2D eigenvalue weighted by molar-refractivity contribution is 5.96. The summed E-state index contributed by atoms with van der Waals surface area (Å²) in [6.07, 6.45) is 1.94. The Labute approximate surface area is 110 Å². The van der Waals surface area contributed by atoms with Crippen LogP contribution in [0.25, 0.3) is 0 Å². The highest BCUT2D eigenvalue weighted by atomic mass is 19.1. The summed E-state index contributed by atoms with van der Waals surface area (Å²) in [6.45, 7) is -0.115. The van der Waals surface area contributed by atoms with Crippen molar-refractivity contribution in [3.05, 3.63) is 29.6 Å². The molecular weight excluding hydrogens is 251 g/mol. The number of nitrogens with zero attached hydrogens (tertiary/aromatic N) is 1. The van der Waals surface area contributed by atoms with E-state index in [2.05, 4.69) is 5.32 Å².